The number of hydrogen-bond acceptors (Lipinski definition) is 2. The van der Waals surface area contributed by atoms with Gasteiger partial charge in [0.15, 0.2) is 0 Å². The lowest BCUT2D eigenvalue weighted by Crippen LogP contribution is -2.57. The maximum absolute atomic E-state index is 12.7. The van der Waals surface area contributed by atoms with Crippen LogP contribution in [0.1, 0.15) is 36.4 Å². The zero-order valence-corrected chi connectivity index (χ0v) is 11.1. The average Bonchev–Trinajstić information content (AvgIpc) is 2.47. The van der Waals surface area contributed by atoms with Crippen molar-refractivity contribution in [2.24, 2.45) is 5.92 Å². The highest BCUT2D eigenvalue weighted by molar-refractivity contribution is 5.81. The summed E-state index contributed by atoms with van der Waals surface area (Å²) in [4.78, 5) is 14.8. The maximum Gasteiger partial charge on any atom is 0.227 e. The van der Waals surface area contributed by atoms with E-state index in [-0.39, 0.29) is 5.92 Å². The van der Waals surface area contributed by atoms with Crippen LogP contribution in [0.3, 0.4) is 0 Å². The van der Waals surface area contributed by atoms with Gasteiger partial charge in [0.25, 0.3) is 0 Å². The van der Waals surface area contributed by atoms with Crippen molar-refractivity contribution in [3.8, 4) is 0 Å². The fourth-order valence-corrected chi connectivity index (χ4v) is 4.12. The summed E-state index contributed by atoms with van der Waals surface area (Å²) in [5.74, 6) is 0.623. The Morgan fingerprint density at radius 2 is 2.16 bits per heavy atom. The van der Waals surface area contributed by atoms with Crippen LogP contribution in [0, 0.1) is 5.92 Å². The number of carbonyl (C=O) groups is 1. The van der Waals surface area contributed by atoms with Crippen molar-refractivity contribution in [3.05, 3.63) is 35.4 Å². The molecule has 0 unspecified atom stereocenters. The van der Waals surface area contributed by atoms with Crippen LogP contribution in [0.5, 0.6) is 0 Å². The highest BCUT2D eigenvalue weighted by atomic mass is 16.2. The molecule has 100 valence electrons. The molecule has 4 rings (SSSR count). The van der Waals surface area contributed by atoms with Crippen LogP contribution in [-0.4, -0.2) is 29.9 Å². The molecule has 3 heteroatoms. The first kappa shape index (κ1) is 11.5. The van der Waals surface area contributed by atoms with Gasteiger partial charge >= 0.3 is 0 Å². The van der Waals surface area contributed by atoms with Crippen LogP contribution in [0.2, 0.25) is 0 Å². The second kappa shape index (κ2) is 4.34. The summed E-state index contributed by atoms with van der Waals surface area (Å²) in [7, 11) is 0. The van der Waals surface area contributed by atoms with Gasteiger partial charge in [-0.3, -0.25) is 4.79 Å². The molecule has 3 aliphatic heterocycles. The Morgan fingerprint density at radius 3 is 3.11 bits per heavy atom. The van der Waals surface area contributed by atoms with Crippen LogP contribution in [0.25, 0.3) is 0 Å². The smallest absolute Gasteiger partial charge is 0.227 e. The van der Waals surface area contributed by atoms with E-state index >= 15 is 0 Å². The summed E-state index contributed by atoms with van der Waals surface area (Å²) in [6.07, 6.45) is 4.32. The minimum Gasteiger partial charge on any atom is -0.335 e. The van der Waals surface area contributed by atoms with Crippen LogP contribution in [-0.2, 0) is 11.2 Å². The third kappa shape index (κ3) is 1.71. The molecule has 2 saturated heterocycles. The van der Waals surface area contributed by atoms with Crippen molar-refractivity contribution < 1.29 is 4.79 Å². The molecule has 1 amide bonds. The van der Waals surface area contributed by atoms with Crippen molar-refractivity contribution in [1.29, 1.82) is 0 Å². The summed E-state index contributed by atoms with van der Waals surface area (Å²) < 4.78 is 0. The molecule has 3 nitrogen and oxygen atoms in total. The van der Waals surface area contributed by atoms with Gasteiger partial charge in [0, 0.05) is 12.6 Å². The minimum absolute atomic E-state index is 0.232. The largest absolute Gasteiger partial charge is 0.335 e. The van der Waals surface area contributed by atoms with E-state index in [0.717, 1.165) is 38.8 Å². The number of rotatable bonds is 0. The molecule has 19 heavy (non-hydrogen) atoms. The van der Waals surface area contributed by atoms with E-state index in [9.17, 15) is 4.79 Å². The zero-order chi connectivity index (χ0) is 12.8. The van der Waals surface area contributed by atoms with Crippen LogP contribution < -0.4 is 5.32 Å². The number of piperidine rings is 2. The second-order valence-electron chi connectivity index (χ2n) is 6.04. The van der Waals surface area contributed by atoms with Gasteiger partial charge in [-0.15, -0.1) is 0 Å². The SMILES string of the molecule is O=C1[C@@H]2CCCN[C@@H]2C[C@H]2c3ccccc3CCN12. The Balaban J connectivity index is 1.71. The van der Waals surface area contributed by atoms with Crippen LogP contribution in [0.4, 0.5) is 0 Å². The van der Waals surface area contributed by atoms with Crippen molar-refractivity contribution in [1.82, 2.24) is 10.2 Å². The van der Waals surface area contributed by atoms with Gasteiger partial charge in [-0.2, -0.15) is 0 Å². The number of hydrogen-bond donors (Lipinski definition) is 1. The monoisotopic (exact) mass is 256 g/mol. The molecule has 3 atom stereocenters. The minimum atomic E-state index is 0.232. The summed E-state index contributed by atoms with van der Waals surface area (Å²) in [5.41, 5.74) is 2.82. The maximum atomic E-state index is 12.7. The van der Waals surface area contributed by atoms with E-state index in [2.05, 4.69) is 34.5 Å². The molecule has 1 N–H and O–H groups in total. The van der Waals surface area contributed by atoms with Gasteiger partial charge in [-0.05, 0) is 43.4 Å². The molecule has 0 aromatic heterocycles. The second-order valence-corrected chi connectivity index (χ2v) is 6.04. The van der Waals surface area contributed by atoms with Crippen molar-refractivity contribution in [2.45, 2.75) is 37.8 Å². The quantitative estimate of drug-likeness (QED) is 0.768. The van der Waals surface area contributed by atoms with E-state index in [4.69, 9.17) is 0 Å². The van der Waals surface area contributed by atoms with E-state index in [1.54, 1.807) is 0 Å². The molecular weight excluding hydrogens is 236 g/mol. The van der Waals surface area contributed by atoms with Gasteiger partial charge in [-0.25, -0.2) is 0 Å². The highest BCUT2D eigenvalue weighted by Crippen LogP contribution is 2.40. The molecule has 0 radical (unpaired) electrons. The van der Waals surface area contributed by atoms with Gasteiger partial charge < -0.3 is 10.2 Å². The lowest BCUT2D eigenvalue weighted by Gasteiger charge is -2.48. The summed E-state index contributed by atoms with van der Waals surface area (Å²) in [6, 6.07) is 9.35. The normalized spacial score (nSPS) is 33.4. The average molecular weight is 256 g/mol. The Labute approximate surface area is 114 Å². The van der Waals surface area contributed by atoms with Crippen LogP contribution >= 0.6 is 0 Å². The lowest BCUT2D eigenvalue weighted by molar-refractivity contribution is -0.145. The van der Waals surface area contributed by atoms with E-state index in [0.29, 0.717) is 18.0 Å². The third-order valence-corrected chi connectivity index (χ3v) is 5.07. The predicted octanol–water partition coefficient (Wildman–Crippen LogP) is 1.88. The van der Waals surface area contributed by atoms with Crippen molar-refractivity contribution in [3.63, 3.8) is 0 Å². The number of benzene rings is 1. The fraction of sp³-hybridized carbons (Fsp3) is 0.562. The van der Waals surface area contributed by atoms with Gasteiger partial charge in [0.05, 0.1) is 12.0 Å². The highest BCUT2D eigenvalue weighted by Gasteiger charge is 2.44. The molecule has 3 aliphatic rings. The summed E-state index contributed by atoms with van der Waals surface area (Å²) in [6.45, 7) is 1.98. The van der Waals surface area contributed by atoms with E-state index in [1.165, 1.54) is 11.1 Å². The summed E-state index contributed by atoms with van der Waals surface area (Å²) >= 11 is 0. The standard InChI is InChI=1S/C16H20N2O/c19-16-13-6-3-8-17-14(13)10-15-12-5-2-1-4-11(12)7-9-18(15)16/h1-2,4-5,13-15,17H,3,6-10H2/t13-,14-,15+/m1/s1. The van der Waals surface area contributed by atoms with Gasteiger partial charge in [-0.1, -0.05) is 24.3 Å². The molecule has 1 aromatic rings. The van der Waals surface area contributed by atoms with Gasteiger partial charge in [0.1, 0.15) is 0 Å². The number of fused-ring (bicyclic) bond motifs is 4. The lowest BCUT2D eigenvalue weighted by atomic mass is 9.77. The Hall–Kier alpha value is -1.35. The molecule has 1 aromatic carbocycles. The molecule has 3 heterocycles. The zero-order valence-electron chi connectivity index (χ0n) is 11.1. The molecular formula is C16H20N2O. The van der Waals surface area contributed by atoms with Crippen LogP contribution in [0.15, 0.2) is 24.3 Å². The topological polar surface area (TPSA) is 32.3 Å². The van der Waals surface area contributed by atoms with Crippen molar-refractivity contribution >= 4 is 5.91 Å². The Morgan fingerprint density at radius 1 is 1.26 bits per heavy atom. The number of amides is 1. The molecule has 0 saturated carbocycles. The number of nitrogens with one attached hydrogen (secondary N) is 1. The fourth-order valence-electron chi connectivity index (χ4n) is 4.12. The predicted molar refractivity (Wildman–Crippen MR) is 73.7 cm³/mol. The molecule has 0 spiro atoms. The first-order chi connectivity index (χ1) is 9.34. The molecule has 2 fully saturated rings. The Kier molecular flexibility index (Phi) is 2.62. The van der Waals surface area contributed by atoms with E-state index in [1.807, 2.05) is 0 Å². The first-order valence-corrected chi connectivity index (χ1v) is 7.46. The van der Waals surface area contributed by atoms with Crippen molar-refractivity contribution in [2.75, 3.05) is 13.1 Å². The number of carbonyl (C=O) groups excluding carboxylic acids is 1. The Bertz CT molecular complexity index is 513. The van der Waals surface area contributed by atoms with Gasteiger partial charge in [0.2, 0.25) is 5.91 Å². The summed E-state index contributed by atoms with van der Waals surface area (Å²) in [5, 5.41) is 3.57. The molecule has 0 bridgehead atoms. The van der Waals surface area contributed by atoms with E-state index < -0.39 is 0 Å². The molecule has 0 aliphatic carbocycles. The number of nitrogens with zero attached hydrogens (tertiary/aromatic N) is 1. The first-order valence-electron chi connectivity index (χ1n) is 7.46. The third-order valence-electron chi connectivity index (χ3n) is 5.07.